The second-order valence-corrected chi connectivity index (χ2v) is 7.81. The van der Waals surface area contributed by atoms with E-state index in [1.807, 2.05) is 6.20 Å². The van der Waals surface area contributed by atoms with Gasteiger partial charge < -0.3 is 20.3 Å². The zero-order valence-corrected chi connectivity index (χ0v) is 20.2. The molecule has 1 aromatic rings. The van der Waals surface area contributed by atoms with Gasteiger partial charge in [0.05, 0.1) is 19.8 Å². The van der Waals surface area contributed by atoms with E-state index in [1.54, 1.807) is 30.3 Å². The Bertz CT molecular complexity index is 605. The highest BCUT2D eigenvalue weighted by Gasteiger charge is 2.10. The highest BCUT2D eigenvalue weighted by molar-refractivity contribution is 14.0. The van der Waals surface area contributed by atoms with Crippen LogP contribution in [0.4, 0.5) is 0 Å². The Labute approximate surface area is 189 Å². The number of rotatable bonds is 9. The molecule has 8 nitrogen and oxygen atoms in total. The van der Waals surface area contributed by atoms with Gasteiger partial charge in [-0.05, 0) is 19.4 Å². The van der Waals surface area contributed by atoms with Crippen molar-refractivity contribution >= 4 is 47.2 Å². The maximum atomic E-state index is 11.8. The average molecular weight is 524 g/mol. The van der Waals surface area contributed by atoms with Gasteiger partial charge in [0.2, 0.25) is 5.91 Å². The number of hydrogen-bond acceptors (Lipinski definition) is 6. The van der Waals surface area contributed by atoms with Crippen LogP contribution in [0.3, 0.4) is 0 Å². The Morgan fingerprint density at radius 3 is 2.75 bits per heavy atom. The first kappa shape index (κ1) is 25.1. The van der Waals surface area contributed by atoms with E-state index >= 15 is 0 Å². The van der Waals surface area contributed by atoms with Crippen LogP contribution < -0.4 is 10.6 Å². The van der Waals surface area contributed by atoms with Crippen molar-refractivity contribution in [1.82, 2.24) is 25.4 Å². The number of aromatic nitrogens is 1. The number of carbonyl (C=O) groups excluding carboxylic acids is 1. The summed E-state index contributed by atoms with van der Waals surface area (Å²) in [6.45, 7) is 8.34. The van der Waals surface area contributed by atoms with Gasteiger partial charge in [-0.1, -0.05) is 6.92 Å². The molecule has 2 N–H and O–H groups in total. The standard InChI is InChI=1S/C18H32N6O2S.HI/c1-4-15-12-20-16(27-15)13-21-18(22-14-17(25)23(2)3)19-6-5-7-24-8-10-26-11-9-24;/h12H,4-11,13-14H2,1-3H3,(H2,19,21,22);1H. The third-order valence-electron chi connectivity index (χ3n) is 4.28. The molecule has 1 aliphatic heterocycles. The van der Waals surface area contributed by atoms with Gasteiger partial charge in [-0.3, -0.25) is 9.69 Å². The van der Waals surface area contributed by atoms with E-state index in [2.05, 4.69) is 32.4 Å². The summed E-state index contributed by atoms with van der Waals surface area (Å²) in [5, 5.41) is 7.64. The van der Waals surface area contributed by atoms with Crippen molar-refractivity contribution in [2.24, 2.45) is 4.99 Å². The number of likely N-dealkylation sites (N-methyl/N-ethyl adjacent to an activating group) is 1. The average Bonchev–Trinajstić information content (AvgIpc) is 3.15. The molecule has 2 heterocycles. The Hall–Kier alpha value is -0.980. The van der Waals surface area contributed by atoms with Crippen molar-refractivity contribution in [3.8, 4) is 0 Å². The summed E-state index contributed by atoms with van der Waals surface area (Å²) >= 11 is 1.70. The number of carbonyl (C=O) groups is 1. The molecule has 0 saturated carbocycles. The minimum absolute atomic E-state index is 0. The van der Waals surface area contributed by atoms with Gasteiger partial charge in [0, 0.05) is 44.8 Å². The summed E-state index contributed by atoms with van der Waals surface area (Å²) in [4.78, 5) is 25.9. The van der Waals surface area contributed by atoms with E-state index in [4.69, 9.17) is 4.74 Å². The first-order valence-corrected chi connectivity index (χ1v) is 10.4. The third kappa shape index (κ3) is 9.48. The molecule has 1 amide bonds. The molecule has 0 unspecified atom stereocenters. The number of amides is 1. The van der Waals surface area contributed by atoms with Gasteiger partial charge in [-0.15, -0.1) is 35.3 Å². The summed E-state index contributed by atoms with van der Waals surface area (Å²) < 4.78 is 5.37. The maximum Gasteiger partial charge on any atom is 0.243 e. The normalized spacial score (nSPS) is 15.0. The molecule has 0 aromatic carbocycles. The van der Waals surface area contributed by atoms with E-state index in [1.165, 1.54) is 4.88 Å². The van der Waals surface area contributed by atoms with Crippen LogP contribution in [0.5, 0.6) is 0 Å². The lowest BCUT2D eigenvalue weighted by atomic mass is 10.3. The van der Waals surface area contributed by atoms with E-state index in [0.717, 1.165) is 57.2 Å². The first-order chi connectivity index (χ1) is 13.1. The van der Waals surface area contributed by atoms with Crippen LogP contribution in [0.25, 0.3) is 0 Å². The Morgan fingerprint density at radius 2 is 2.11 bits per heavy atom. The second kappa shape index (κ2) is 14.1. The molecule has 1 aliphatic rings. The fourth-order valence-corrected chi connectivity index (χ4v) is 3.35. The predicted octanol–water partition coefficient (Wildman–Crippen LogP) is 1.17. The van der Waals surface area contributed by atoms with Gasteiger partial charge in [0.1, 0.15) is 11.6 Å². The Balaban J connectivity index is 0.00000392. The van der Waals surface area contributed by atoms with Gasteiger partial charge >= 0.3 is 0 Å². The zero-order chi connectivity index (χ0) is 19.5. The van der Waals surface area contributed by atoms with Crippen LogP contribution in [0.1, 0.15) is 23.2 Å². The van der Waals surface area contributed by atoms with Crippen LogP contribution in [0.2, 0.25) is 0 Å². The number of aryl methyl sites for hydroxylation is 1. The Kier molecular flexibility index (Phi) is 12.6. The van der Waals surface area contributed by atoms with E-state index < -0.39 is 0 Å². The molecule has 1 aromatic heterocycles. The molecule has 0 atom stereocenters. The van der Waals surface area contributed by atoms with Crippen LogP contribution in [-0.4, -0.2) is 86.7 Å². The van der Waals surface area contributed by atoms with E-state index in [9.17, 15) is 4.79 Å². The van der Waals surface area contributed by atoms with Crippen molar-refractivity contribution in [3.05, 3.63) is 16.1 Å². The quantitative estimate of drug-likeness (QED) is 0.219. The molecule has 0 bridgehead atoms. The molecular weight excluding hydrogens is 491 g/mol. The lowest BCUT2D eigenvalue weighted by Crippen LogP contribution is -2.41. The van der Waals surface area contributed by atoms with Gasteiger partial charge in [-0.2, -0.15) is 0 Å². The summed E-state index contributed by atoms with van der Waals surface area (Å²) in [6.07, 6.45) is 3.93. The molecular formula is C18H33IN6O2S. The molecule has 2 rings (SSSR count). The van der Waals surface area contributed by atoms with Crippen molar-refractivity contribution in [1.29, 1.82) is 0 Å². The number of hydrogen-bond donors (Lipinski definition) is 2. The van der Waals surface area contributed by atoms with E-state index in [-0.39, 0.29) is 36.4 Å². The van der Waals surface area contributed by atoms with Gasteiger partial charge in [-0.25, -0.2) is 9.98 Å². The summed E-state index contributed by atoms with van der Waals surface area (Å²) in [6, 6.07) is 0. The van der Waals surface area contributed by atoms with E-state index in [0.29, 0.717) is 12.5 Å². The molecule has 10 heteroatoms. The smallest absolute Gasteiger partial charge is 0.243 e. The Morgan fingerprint density at radius 1 is 1.36 bits per heavy atom. The van der Waals surface area contributed by atoms with Crippen LogP contribution in [-0.2, 0) is 22.5 Å². The number of nitrogens with zero attached hydrogens (tertiary/aromatic N) is 4. The van der Waals surface area contributed by atoms with Crippen molar-refractivity contribution in [2.75, 3.05) is 60.0 Å². The molecule has 28 heavy (non-hydrogen) atoms. The van der Waals surface area contributed by atoms with Crippen LogP contribution in [0, 0.1) is 0 Å². The summed E-state index contributed by atoms with van der Waals surface area (Å²) in [7, 11) is 3.48. The molecule has 0 spiro atoms. The minimum Gasteiger partial charge on any atom is -0.379 e. The minimum atomic E-state index is -0.0214. The fraction of sp³-hybridized carbons (Fsp3) is 0.722. The summed E-state index contributed by atoms with van der Waals surface area (Å²) in [5.41, 5.74) is 0. The topological polar surface area (TPSA) is 82.1 Å². The molecule has 1 fully saturated rings. The zero-order valence-electron chi connectivity index (χ0n) is 17.1. The summed E-state index contributed by atoms with van der Waals surface area (Å²) in [5.74, 6) is 0.632. The van der Waals surface area contributed by atoms with Gasteiger partial charge in [0.25, 0.3) is 0 Å². The lowest BCUT2D eigenvalue weighted by molar-refractivity contribution is -0.127. The molecule has 1 saturated heterocycles. The largest absolute Gasteiger partial charge is 0.379 e. The number of halogens is 1. The second-order valence-electron chi connectivity index (χ2n) is 6.61. The molecule has 0 aliphatic carbocycles. The predicted molar refractivity (Wildman–Crippen MR) is 125 cm³/mol. The number of nitrogens with one attached hydrogen (secondary N) is 2. The molecule has 0 radical (unpaired) electrons. The van der Waals surface area contributed by atoms with Crippen molar-refractivity contribution < 1.29 is 9.53 Å². The van der Waals surface area contributed by atoms with Crippen LogP contribution >= 0.6 is 35.3 Å². The number of guanidine groups is 1. The SMILES string of the molecule is CCc1cnc(CNC(=NCC(=O)N(C)C)NCCCN2CCOCC2)s1.I. The fourth-order valence-electron chi connectivity index (χ4n) is 2.55. The highest BCUT2D eigenvalue weighted by Crippen LogP contribution is 2.12. The monoisotopic (exact) mass is 524 g/mol. The number of aliphatic imine (C=N–C) groups is 1. The number of morpholine rings is 1. The number of ether oxygens (including phenoxy) is 1. The van der Waals surface area contributed by atoms with Crippen LogP contribution in [0.15, 0.2) is 11.2 Å². The highest BCUT2D eigenvalue weighted by atomic mass is 127. The van der Waals surface area contributed by atoms with Crippen molar-refractivity contribution in [2.45, 2.75) is 26.3 Å². The maximum absolute atomic E-state index is 11.8. The first-order valence-electron chi connectivity index (χ1n) is 9.54. The molecule has 160 valence electrons. The third-order valence-corrected chi connectivity index (χ3v) is 5.42. The number of thiazole rings is 1. The van der Waals surface area contributed by atoms with Crippen molar-refractivity contribution in [3.63, 3.8) is 0 Å². The van der Waals surface area contributed by atoms with Gasteiger partial charge in [0.15, 0.2) is 5.96 Å². The lowest BCUT2D eigenvalue weighted by Gasteiger charge is -2.26.